The number of amides is 1. The van der Waals surface area contributed by atoms with Gasteiger partial charge < -0.3 is 15.4 Å². The van der Waals surface area contributed by atoms with Crippen molar-refractivity contribution in [3.63, 3.8) is 0 Å². The number of rotatable bonds is 7. The second-order valence-electron chi connectivity index (χ2n) is 9.44. The van der Waals surface area contributed by atoms with Crippen LogP contribution < -0.4 is 10.6 Å². The number of anilines is 1. The van der Waals surface area contributed by atoms with Gasteiger partial charge in [0.15, 0.2) is 0 Å². The molecule has 1 atom stereocenters. The molecule has 1 heterocycles. The molecule has 35 heavy (non-hydrogen) atoms. The fourth-order valence-corrected chi connectivity index (χ4v) is 5.04. The highest BCUT2D eigenvalue weighted by molar-refractivity contribution is 7.80. The number of nitrogens with one attached hydrogen (secondary N) is 2. The SMILES string of the molecule is C[C@H](NC(=O)OC1(c2cccnc2)CCCC1)c1ccc(C(Nc2ccccc2S)=C2CC2)cc1. The van der Waals surface area contributed by atoms with Crippen LogP contribution in [0.15, 0.2) is 83.5 Å². The van der Waals surface area contributed by atoms with Crippen molar-refractivity contribution in [3.8, 4) is 0 Å². The van der Waals surface area contributed by atoms with Gasteiger partial charge in [-0.2, -0.15) is 0 Å². The van der Waals surface area contributed by atoms with Gasteiger partial charge in [-0.3, -0.25) is 4.98 Å². The first-order chi connectivity index (χ1) is 17.0. The number of aromatic nitrogens is 1. The number of thiol groups is 1. The summed E-state index contributed by atoms with van der Waals surface area (Å²) >= 11 is 4.58. The molecule has 0 spiro atoms. The average Bonchev–Trinajstić information content (AvgIpc) is 3.61. The Bertz CT molecular complexity index is 1210. The van der Waals surface area contributed by atoms with E-state index in [0.29, 0.717) is 0 Å². The molecule has 2 N–H and O–H groups in total. The third-order valence-corrected chi connectivity index (χ3v) is 7.33. The fourth-order valence-electron chi connectivity index (χ4n) is 4.82. The van der Waals surface area contributed by atoms with E-state index in [4.69, 9.17) is 4.74 Å². The number of allylic oxidation sites excluding steroid dienone is 1. The standard InChI is InChI=1S/C29H31N3O2S/c1-20(31-28(33)34-29(16-4-5-17-29)24-7-6-18-30-19-24)21-10-12-22(13-11-21)27(23-14-15-23)32-25-8-2-3-9-26(25)35/h2-3,6-13,18-20,32,35H,4-5,14-17H2,1H3,(H,31,33)/t20-/m0/s1. The number of pyridine rings is 1. The third-order valence-electron chi connectivity index (χ3n) is 6.94. The van der Waals surface area contributed by atoms with Gasteiger partial charge >= 0.3 is 6.09 Å². The average molecular weight is 486 g/mol. The van der Waals surface area contributed by atoms with Crippen molar-refractivity contribution in [1.82, 2.24) is 10.3 Å². The molecular weight excluding hydrogens is 454 g/mol. The van der Waals surface area contributed by atoms with E-state index in [1.807, 2.05) is 49.5 Å². The summed E-state index contributed by atoms with van der Waals surface area (Å²) in [5, 5.41) is 6.60. The molecule has 2 aliphatic carbocycles. The molecule has 2 aliphatic rings. The summed E-state index contributed by atoms with van der Waals surface area (Å²) in [5.74, 6) is 0. The minimum absolute atomic E-state index is 0.174. The first-order valence-electron chi connectivity index (χ1n) is 12.3. The quantitative estimate of drug-likeness (QED) is 0.309. The van der Waals surface area contributed by atoms with Gasteiger partial charge in [-0.25, -0.2) is 4.79 Å². The van der Waals surface area contributed by atoms with Crippen molar-refractivity contribution in [2.45, 2.75) is 62.0 Å². The Kier molecular flexibility index (Phi) is 6.82. The Morgan fingerprint density at radius 3 is 2.43 bits per heavy atom. The van der Waals surface area contributed by atoms with E-state index < -0.39 is 5.60 Å². The van der Waals surface area contributed by atoms with E-state index in [1.165, 1.54) is 5.57 Å². The van der Waals surface area contributed by atoms with E-state index >= 15 is 0 Å². The van der Waals surface area contributed by atoms with Gasteiger partial charge in [0.1, 0.15) is 5.60 Å². The van der Waals surface area contributed by atoms with Crippen LogP contribution in [-0.2, 0) is 10.3 Å². The van der Waals surface area contributed by atoms with Crippen LogP contribution in [0, 0.1) is 0 Å². The second-order valence-corrected chi connectivity index (χ2v) is 9.92. The molecule has 3 aromatic rings. The Labute approximate surface area is 212 Å². The molecule has 0 unspecified atom stereocenters. The van der Waals surface area contributed by atoms with E-state index in [2.05, 4.69) is 52.5 Å². The summed E-state index contributed by atoms with van der Waals surface area (Å²) in [6.45, 7) is 1.98. The van der Waals surface area contributed by atoms with E-state index in [0.717, 1.165) is 71.5 Å². The highest BCUT2D eigenvalue weighted by atomic mass is 32.1. The molecule has 0 bridgehead atoms. The number of hydrogen-bond donors (Lipinski definition) is 3. The number of benzene rings is 2. The molecule has 5 rings (SSSR count). The zero-order valence-corrected chi connectivity index (χ0v) is 20.9. The van der Waals surface area contributed by atoms with Gasteiger partial charge in [-0.1, -0.05) is 42.5 Å². The van der Waals surface area contributed by atoms with E-state index in [1.54, 1.807) is 6.20 Å². The first-order valence-corrected chi connectivity index (χ1v) is 12.8. The van der Waals surface area contributed by atoms with Crippen molar-refractivity contribution in [2.24, 2.45) is 0 Å². The second kappa shape index (κ2) is 10.2. The monoisotopic (exact) mass is 485 g/mol. The predicted octanol–water partition coefficient (Wildman–Crippen LogP) is 7.24. The van der Waals surface area contributed by atoms with Crippen molar-refractivity contribution in [3.05, 3.63) is 95.3 Å². The van der Waals surface area contributed by atoms with Crippen LogP contribution in [0.3, 0.4) is 0 Å². The number of carbonyl (C=O) groups excluding carboxylic acids is 1. The summed E-state index contributed by atoms with van der Waals surface area (Å²) < 4.78 is 6.04. The summed E-state index contributed by atoms with van der Waals surface area (Å²) in [6, 6.07) is 20.1. The lowest BCUT2D eigenvalue weighted by Gasteiger charge is -2.30. The highest BCUT2D eigenvalue weighted by Crippen LogP contribution is 2.42. The van der Waals surface area contributed by atoms with Crippen molar-refractivity contribution in [1.29, 1.82) is 0 Å². The molecule has 5 nitrogen and oxygen atoms in total. The van der Waals surface area contributed by atoms with Crippen molar-refractivity contribution in [2.75, 3.05) is 5.32 Å². The molecule has 1 aromatic heterocycles. The highest BCUT2D eigenvalue weighted by Gasteiger charge is 2.40. The summed E-state index contributed by atoms with van der Waals surface area (Å²) in [5.41, 5.74) is 6.12. The minimum Gasteiger partial charge on any atom is -0.438 e. The number of ether oxygens (including phenoxy) is 1. The largest absolute Gasteiger partial charge is 0.438 e. The van der Waals surface area contributed by atoms with Gasteiger partial charge in [-0.15, -0.1) is 12.6 Å². The van der Waals surface area contributed by atoms with E-state index in [9.17, 15) is 4.79 Å². The third kappa shape index (κ3) is 5.38. The lowest BCUT2D eigenvalue weighted by Crippen LogP contribution is -2.36. The van der Waals surface area contributed by atoms with Crippen molar-refractivity contribution < 1.29 is 9.53 Å². The van der Waals surface area contributed by atoms with Gasteiger partial charge in [0.2, 0.25) is 0 Å². The lowest BCUT2D eigenvalue weighted by atomic mass is 9.93. The Hall–Kier alpha value is -3.25. The van der Waals surface area contributed by atoms with Gasteiger partial charge in [0.05, 0.1) is 11.7 Å². The Morgan fingerprint density at radius 1 is 1.03 bits per heavy atom. The molecule has 6 heteroatoms. The van der Waals surface area contributed by atoms with Gasteiger partial charge in [0, 0.05) is 28.5 Å². The van der Waals surface area contributed by atoms with Crippen LogP contribution in [-0.4, -0.2) is 11.1 Å². The fraction of sp³-hybridized carbons (Fsp3) is 0.310. The number of carbonyl (C=O) groups is 1. The van der Waals surface area contributed by atoms with Crippen LogP contribution in [0.2, 0.25) is 0 Å². The molecule has 1 amide bonds. The zero-order chi connectivity index (χ0) is 24.3. The minimum atomic E-state index is -0.581. The number of hydrogen-bond acceptors (Lipinski definition) is 5. The summed E-state index contributed by atoms with van der Waals surface area (Å²) in [7, 11) is 0. The topological polar surface area (TPSA) is 63.2 Å². The van der Waals surface area contributed by atoms with E-state index in [-0.39, 0.29) is 12.1 Å². The zero-order valence-electron chi connectivity index (χ0n) is 20.0. The summed E-state index contributed by atoms with van der Waals surface area (Å²) in [6.07, 6.45) is 9.14. The maximum Gasteiger partial charge on any atom is 0.408 e. The van der Waals surface area contributed by atoms with Crippen LogP contribution in [0.25, 0.3) is 5.70 Å². The van der Waals surface area contributed by atoms with Crippen LogP contribution >= 0.6 is 12.6 Å². The molecule has 2 aromatic carbocycles. The maximum atomic E-state index is 12.9. The predicted molar refractivity (Wildman–Crippen MR) is 142 cm³/mol. The van der Waals surface area contributed by atoms with Crippen LogP contribution in [0.1, 0.15) is 68.2 Å². The van der Waals surface area contributed by atoms with Gasteiger partial charge in [0.25, 0.3) is 0 Å². The Morgan fingerprint density at radius 2 is 1.77 bits per heavy atom. The Balaban J connectivity index is 1.26. The molecule has 0 radical (unpaired) electrons. The lowest BCUT2D eigenvalue weighted by molar-refractivity contribution is 0.0107. The van der Waals surface area contributed by atoms with Crippen LogP contribution in [0.4, 0.5) is 10.5 Å². The molecule has 2 fully saturated rings. The smallest absolute Gasteiger partial charge is 0.408 e. The number of para-hydroxylation sites is 1. The molecule has 0 saturated heterocycles. The first kappa shape index (κ1) is 23.5. The van der Waals surface area contributed by atoms with Crippen molar-refractivity contribution >= 4 is 30.1 Å². The van der Waals surface area contributed by atoms with Gasteiger partial charge in [-0.05, 0) is 80.3 Å². The molecule has 2 saturated carbocycles. The summed E-state index contributed by atoms with van der Waals surface area (Å²) in [4.78, 5) is 18.0. The molecule has 0 aliphatic heterocycles. The molecular formula is C29H31N3O2S. The van der Waals surface area contributed by atoms with Crippen LogP contribution in [0.5, 0.6) is 0 Å². The normalized spacial score (nSPS) is 16.9. The number of nitrogens with zero attached hydrogens (tertiary/aromatic N) is 1. The molecule has 180 valence electrons. The maximum absolute atomic E-state index is 12.9. The number of alkyl carbamates (subject to hydrolysis) is 1.